The van der Waals surface area contributed by atoms with Gasteiger partial charge in [-0.25, -0.2) is 0 Å². The second-order valence-corrected chi connectivity index (χ2v) is 4.79. The van der Waals surface area contributed by atoms with Crippen molar-refractivity contribution < 1.29 is 9.53 Å². The molecule has 0 aromatic heterocycles. The van der Waals surface area contributed by atoms with Crippen LogP contribution in [0.3, 0.4) is 0 Å². The lowest BCUT2D eigenvalue weighted by molar-refractivity contribution is -0.135. The third-order valence-electron chi connectivity index (χ3n) is 3.36. The first-order valence-electron chi connectivity index (χ1n) is 6.93. The number of nitrogens with one attached hydrogen (secondary N) is 1. The molecule has 1 atom stereocenters. The van der Waals surface area contributed by atoms with E-state index >= 15 is 0 Å². The van der Waals surface area contributed by atoms with Crippen molar-refractivity contribution in [2.45, 2.75) is 26.0 Å². The molecule has 1 heterocycles. The van der Waals surface area contributed by atoms with Crippen LogP contribution in [0.2, 0.25) is 0 Å². The SMILES string of the molecule is CCN(Cc1ccccc1)C(=O)CC1CNCCO1. The molecule has 0 saturated carbocycles. The van der Waals surface area contributed by atoms with Crippen LogP contribution in [0.1, 0.15) is 18.9 Å². The fourth-order valence-corrected chi connectivity index (χ4v) is 2.25. The number of hydrogen-bond acceptors (Lipinski definition) is 3. The maximum absolute atomic E-state index is 12.3. The standard InChI is InChI=1S/C15H22N2O2/c1-2-17(12-13-6-4-3-5-7-13)15(18)10-14-11-16-8-9-19-14/h3-7,14,16H,2,8-12H2,1H3. The molecule has 0 aliphatic carbocycles. The zero-order valence-electron chi connectivity index (χ0n) is 11.5. The number of benzene rings is 1. The Hall–Kier alpha value is -1.39. The van der Waals surface area contributed by atoms with Gasteiger partial charge in [-0.15, -0.1) is 0 Å². The molecule has 4 nitrogen and oxygen atoms in total. The fraction of sp³-hybridized carbons (Fsp3) is 0.533. The van der Waals surface area contributed by atoms with Crippen molar-refractivity contribution in [1.29, 1.82) is 0 Å². The lowest BCUT2D eigenvalue weighted by Crippen LogP contribution is -2.42. The van der Waals surface area contributed by atoms with E-state index in [4.69, 9.17) is 4.74 Å². The maximum atomic E-state index is 12.3. The van der Waals surface area contributed by atoms with Gasteiger partial charge < -0.3 is 15.0 Å². The van der Waals surface area contributed by atoms with Gasteiger partial charge in [-0.2, -0.15) is 0 Å². The Balaban J connectivity index is 1.87. The number of ether oxygens (including phenoxy) is 1. The summed E-state index contributed by atoms with van der Waals surface area (Å²) in [5, 5.41) is 3.25. The third-order valence-corrected chi connectivity index (χ3v) is 3.36. The van der Waals surface area contributed by atoms with Crippen molar-refractivity contribution >= 4 is 5.91 Å². The number of morpholine rings is 1. The van der Waals surface area contributed by atoms with Gasteiger partial charge in [0.25, 0.3) is 0 Å². The lowest BCUT2D eigenvalue weighted by atomic mass is 10.1. The van der Waals surface area contributed by atoms with E-state index in [1.54, 1.807) is 0 Å². The predicted octanol–water partition coefficient (Wildman–Crippen LogP) is 1.41. The summed E-state index contributed by atoms with van der Waals surface area (Å²) in [7, 11) is 0. The van der Waals surface area contributed by atoms with E-state index in [0.717, 1.165) is 19.6 Å². The van der Waals surface area contributed by atoms with E-state index in [2.05, 4.69) is 17.4 Å². The number of carbonyl (C=O) groups is 1. The van der Waals surface area contributed by atoms with E-state index in [9.17, 15) is 4.79 Å². The van der Waals surface area contributed by atoms with Crippen LogP contribution in [0.5, 0.6) is 0 Å². The zero-order valence-corrected chi connectivity index (χ0v) is 11.5. The molecule has 1 unspecified atom stereocenters. The molecule has 1 aromatic carbocycles. The van der Waals surface area contributed by atoms with Crippen molar-refractivity contribution in [1.82, 2.24) is 10.2 Å². The Morgan fingerprint density at radius 3 is 2.84 bits per heavy atom. The van der Waals surface area contributed by atoms with Crippen LogP contribution < -0.4 is 5.32 Å². The summed E-state index contributed by atoms with van der Waals surface area (Å²) in [6.07, 6.45) is 0.485. The van der Waals surface area contributed by atoms with Crippen LogP contribution in [0.25, 0.3) is 0 Å². The van der Waals surface area contributed by atoms with Gasteiger partial charge in [0.15, 0.2) is 0 Å². The first-order valence-corrected chi connectivity index (χ1v) is 6.93. The average molecular weight is 262 g/mol. The van der Waals surface area contributed by atoms with Crippen molar-refractivity contribution in [2.75, 3.05) is 26.2 Å². The van der Waals surface area contributed by atoms with Gasteiger partial charge in [0.05, 0.1) is 19.1 Å². The van der Waals surface area contributed by atoms with Gasteiger partial charge in [0.1, 0.15) is 0 Å². The van der Waals surface area contributed by atoms with E-state index in [0.29, 0.717) is 19.6 Å². The zero-order chi connectivity index (χ0) is 13.5. The molecule has 1 saturated heterocycles. The highest BCUT2D eigenvalue weighted by Crippen LogP contribution is 2.09. The van der Waals surface area contributed by atoms with E-state index in [1.165, 1.54) is 5.56 Å². The molecule has 1 aliphatic heterocycles. The summed E-state index contributed by atoms with van der Waals surface area (Å²) < 4.78 is 5.58. The van der Waals surface area contributed by atoms with Crippen molar-refractivity contribution in [3.63, 3.8) is 0 Å². The second kappa shape index (κ2) is 7.26. The molecule has 2 rings (SSSR count). The smallest absolute Gasteiger partial charge is 0.225 e. The Kier molecular flexibility index (Phi) is 5.36. The largest absolute Gasteiger partial charge is 0.375 e. The summed E-state index contributed by atoms with van der Waals surface area (Å²) in [5.41, 5.74) is 1.17. The number of rotatable bonds is 5. The highest BCUT2D eigenvalue weighted by molar-refractivity contribution is 5.76. The average Bonchev–Trinajstić information content (AvgIpc) is 2.47. The third kappa shape index (κ3) is 4.33. The highest BCUT2D eigenvalue weighted by Gasteiger charge is 2.20. The van der Waals surface area contributed by atoms with E-state index in [1.807, 2.05) is 30.0 Å². The summed E-state index contributed by atoms with van der Waals surface area (Å²) in [4.78, 5) is 14.1. The first-order chi connectivity index (χ1) is 9.29. The van der Waals surface area contributed by atoms with E-state index in [-0.39, 0.29) is 12.0 Å². The Labute approximate surface area is 114 Å². The predicted molar refractivity (Wildman–Crippen MR) is 74.8 cm³/mol. The fourth-order valence-electron chi connectivity index (χ4n) is 2.25. The number of carbonyl (C=O) groups excluding carboxylic acids is 1. The topological polar surface area (TPSA) is 41.6 Å². The van der Waals surface area contributed by atoms with E-state index < -0.39 is 0 Å². The molecule has 0 bridgehead atoms. The van der Waals surface area contributed by atoms with Crippen LogP contribution in [0, 0.1) is 0 Å². The monoisotopic (exact) mass is 262 g/mol. The van der Waals surface area contributed by atoms with Crippen molar-refractivity contribution in [2.24, 2.45) is 0 Å². The minimum Gasteiger partial charge on any atom is -0.375 e. The Morgan fingerprint density at radius 2 is 2.21 bits per heavy atom. The second-order valence-electron chi connectivity index (χ2n) is 4.79. The number of amides is 1. The molecule has 104 valence electrons. The molecule has 4 heteroatoms. The van der Waals surface area contributed by atoms with Gasteiger partial charge in [-0.1, -0.05) is 30.3 Å². The summed E-state index contributed by atoms with van der Waals surface area (Å²) >= 11 is 0. The molecule has 1 amide bonds. The van der Waals surface area contributed by atoms with Crippen molar-refractivity contribution in [3.8, 4) is 0 Å². The van der Waals surface area contributed by atoms with Gasteiger partial charge in [0.2, 0.25) is 5.91 Å². The summed E-state index contributed by atoms with van der Waals surface area (Å²) in [6.45, 7) is 5.77. The van der Waals surface area contributed by atoms with Crippen LogP contribution in [-0.2, 0) is 16.1 Å². The molecule has 1 aromatic rings. The molecule has 1 N–H and O–H groups in total. The normalized spacial score (nSPS) is 19.1. The van der Waals surface area contributed by atoms with Gasteiger partial charge in [-0.05, 0) is 12.5 Å². The quantitative estimate of drug-likeness (QED) is 0.872. The Morgan fingerprint density at radius 1 is 1.42 bits per heavy atom. The number of hydrogen-bond donors (Lipinski definition) is 1. The van der Waals surface area contributed by atoms with Crippen molar-refractivity contribution in [3.05, 3.63) is 35.9 Å². The molecule has 0 radical (unpaired) electrons. The minimum absolute atomic E-state index is 0.0195. The minimum atomic E-state index is 0.0195. The maximum Gasteiger partial charge on any atom is 0.225 e. The summed E-state index contributed by atoms with van der Waals surface area (Å²) in [6, 6.07) is 10.1. The highest BCUT2D eigenvalue weighted by atomic mass is 16.5. The van der Waals surface area contributed by atoms with Crippen LogP contribution in [0.15, 0.2) is 30.3 Å². The van der Waals surface area contributed by atoms with Crippen LogP contribution in [-0.4, -0.2) is 43.2 Å². The molecule has 1 fully saturated rings. The number of nitrogens with zero attached hydrogens (tertiary/aromatic N) is 1. The molecular weight excluding hydrogens is 240 g/mol. The van der Waals surface area contributed by atoms with Crippen LogP contribution in [0.4, 0.5) is 0 Å². The molecular formula is C15H22N2O2. The molecule has 19 heavy (non-hydrogen) atoms. The Bertz CT molecular complexity index is 388. The van der Waals surface area contributed by atoms with Gasteiger partial charge >= 0.3 is 0 Å². The first kappa shape index (κ1) is 14.0. The molecule has 1 aliphatic rings. The van der Waals surface area contributed by atoms with Crippen LogP contribution >= 0.6 is 0 Å². The van der Waals surface area contributed by atoms with Gasteiger partial charge in [-0.3, -0.25) is 4.79 Å². The lowest BCUT2D eigenvalue weighted by Gasteiger charge is -2.27. The van der Waals surface area contributed by atoms with Gasteiger partial charge in [0, 0.05) is 26.2 Å². The summed E-state index contributed by atoms with van der Waals surface area (Å²) in [5.74, 6) is 0.167. The molecule has 0 spiro atoms.